The molecular weight excluding hydrogens is 287 g/mol. The molecule has 21 heavy (non-hydrogen) atoms. The number of halogens is 3. The summed E-state index contributed by atoms with van der Waals surface area (Å²) in [7, 11) is 1.46. The summed E-state index contributed by atoms with van der Waals surface area (Å²) in [5.41, 5.74) is -0.698. The Bertz CT molecular complexity index is 638. The number of hydrogen-bond donors (Lipinski definition) is 1. The number of carbonyl (C=O) groups excluding carboxylic acids is 1. The fraction of sp³-hybridized carbons (Fsp3) is 0.308. The monoisotopic (exact) mass is 299 g/mol. The van der Waals surface area contributed by atoms with Crippen LogP contribution in [0.1, 0.15) is 22.8 Å². The van der Waals surface area contributed by atoms with Gasteiger partial charge in [-0.3, -0.25) is 4.79 Å². The normalized spacial score (nSPS) is 11.4. The van der Waals surface area contributed by atoms with Crippen LogP contribution in [0.3, 0.4) is 0 Å². The lowest BCUT2D eigenvalue weighted by atomic mass is 10.0. The Kier molecular flexibility index (Phi) is 4.25. The zero-order valence-electron chi connectivity index (χ0n) is 11.1. The Morgan fingerprint density at radius 1 is 1.33 bits per heavy atom. The SMILES string of the molecule is CNC(=O)Cc1noc(Cc2ccccc2C(F)(F)F)n1. The molecule has 1 aromatic carbocycles. The lowest BCUT2D eigenvalue weighted by Crippen LogP contribution is -2.20. The van der Waals surface area contributed by atoms with Crippen LogP contribution in [-0.4, -0.2) is 23.1 Å². The predicted molar refractivity (Wildman–Crippen MR) is 66.3 cm³/mol. The highest BCUT2D eigenvalue weighted by molar-refractivity contribution is 5.77. The number of nitrogens with zero attached hydrogens (tertiary/aromatic N) is 2. The topological polar surface area (TPSA) is 68.0 Å². The molecule has 0 spiro atoms. The van der Waals surface area contributed by atoms with E-state index in [2.05, 4.69) is 15.5 Å². The van der Waals surface area contributed by atoms with E-state index in [4.69, 9.17) is 4.52 Å². The molecule has 0 fully saturated rings. The van der Waals surface area contributed by atoms with Gasteiger partial charge in [-0.05, 0) is 11.6 Å². The smallest absolute Gasteiger partial charge is 0.359 e. The van der Waals surface area contributed by atoms with Gasteiger partial charge in [0.05, 0.1) is 18.4 Å². The van der Waals surface area contributed by atoms with Crippen molar-refractivity contribution in [1.29, 1.82) is 0 Å². The molecule has 1 N–H and O–H groups in total. The van der Waals surface area contributed by atoms with Crippen molar-refractivity contribution in [3.05, 3.63) is 47.1 Å². The van der Waals surface area contributed by atoms with Crippen LogP contribution in [0, 0.1) is 0 Å². The van der Waals surface area contributed by atoms with Crippen molar-refractivity contribution in [3.8, 4) is 0 Å². The molecule has 1 amide bonds. The van der Waals surface area contributed by atoms with Crippen LogP contribution < -0.4 is 5.32 Å². The van der Waals surface area contributed by atoms with Gasteiger partial charge in [-0.1, -0.05) is 23.4 Å². The molecule has 0 aliphatic rings. The molecule has 112 valence electrons. The van der Waals surface area contributed by atoms with Gasteiger partial charge in [-0.15, -0.1) is 0 Å². The van der Waals surface area contributed by atoms with Crippen LogP contribution in [0.25, 0.3) is 0 Å². The minimum absolute atomic E-state index is 0.0330. The number of rotatable bonds is 4. The van der Waals surface area contributed by atoms with Gasteiger partial charge in [0.1, 0.15) is 0 Å². The zero-order valence-corrected chi connectivity index (χ0v) is 11.1. The maximum absolute atomic E-state index is 12.9. The van der Waals surface area contributed by atoms with E-state index in [1.54, 1.807) is 0 Å². The van der Waals surface area contributed by atoms with E-state index in [0.29, 0.717) is 0 Å². The fourth-order valence-corrected chi connectivity index (χ4v) is 1.78. The van der Waals surface area contributed by atoms with Gasteiger partial charge in [-0.25, -0.2) is 0 Å². The van der Waals surface area contributed by atoms with Crippen molar-refractivity contribution in [1.82, 2.24) is 15.5 Å². The predicted octanol–water partition coefficient (Wildman–Crippen LogP) is 1.97. The first-order chi connectivity index (χ1) is 9.90. The van der Waals surface area contributed by atoms with E-state index in [9.17, 15) is 18.0 Å². The molecule has 0 saturated heterocycles. The minimum atomic E-state index is -4.44. The van der Waals surface area contributed by atoms with E-state index in [0.717, 1.165) is 6.07 Å². The average Bonchev–Trinajstić information content (AvgIpc) is 2.85. The highest BCUT2D eigenvalue weighted by atomic mass is 19.4. The standard InChI is InChI=1S/C13H12F3N3O2/c1-17-11(20)7-10-18-12(21-19-10)6-8-4-2-3-5-9(8)13(14,15)16/h2-5H,6-7H2,1H3,(H,17,20). The molecule has 0 aliphatic heterocycles. The minimum Gasteiger partial charge on any atom is -0.359 e. The second-order valence-electron chi connectivity index (χ2n) is 4.29. The van der Waals surface area contributed by atoms with Gasteiger partial charge in [-0.2, -0.15) is 18.2 Å². The van der Waals surface area contributed by atoms with Crippen LogP contribution >= 0.6 is 0 Å². The maximum atomic E-state index is 12.9. The molecule has 2 rings (SSSR count). The Morgan fingerprint density at radius 3 is 2.71 bits per heavy atom. The third-order valence-corrected chi connectivity index (χ3v) is 2.77. The van der Waals surface area contributed by atoms with Gasteiger partial charge >= 0.3 is 6.18 Å². The number of aromatic nitrogens is 2. The number of alkyl halides is 3. The molecule has 0 bridgehead atoms. The number of likely N-dealkylation sites (N-methyl/N-ethyl adjacent to an activating group) is 1. The zero-order chi connectivity index (χ0) is 15.5. The third kappa shape index (κ3) is 3.80. The number of carbonyl (C=O) groups is 1. The van der Waals surface area contributed by atoms with Crippen LogP contribution in [-0.2, 0) is 23.8 Å². The number of hydrogen-bond acceptors (Lipinski definition) is 4. The molecule has 1 heterocycles. The van der Waals surface area contributed by atoms with Gasteiger partial charge in [0.2, 0.25) is 11.8 Å². The van der Waals surface area contributed by atoms with Crippen molar-refractivity contribution < 1.29 is 22.5 Å². The Balaban J connectivity index is 2.18. The summed E-state index contributed by atoms with van der Waals surface area (Å²) < 4.78 is 43.4. The first-order valence-corrected chi connectivity index (χ1v) is 6.07. The largest absolute Gasteiger partial charge is 0.416 e. The number of benzene rings is 1. The Morgan fingerprint density at radius 2 is 2.05 bits per heavy atom. The van der Waals surface area contributed by atoms with Gasteiger partial charge < -0.3 is 9.84 Å². The molecule has 0 radical (unpaired) electrons. The Hall–Kier alpha value is -2.38. The molecule has 5 nitrogen and oxygen atoms in total. The van der Waals surface area contributed by atoms with E-state index < -0.39 is 11.7 Å². The maximum Gasteiger partial charge on any atom is 0.416 e. The molecule has 1 aromatic heterocycles. The number of nitrogens with one attached hydrogen (secondary N) is 1. The molecule has 0 atom stereocenters. The van der Waals surface area contributed by atoms with E-state index in [1.165, 1.54) is 25.2 Å². The average molecular weight is 299 g/mol. The van der Waals surface area contributed by atoms with Crippen LogP contribution in [0.2, 0.25) is 0 Å². The Labute approximate surface area is 118 Å². The summed E-state index contributed by atoms with van der Waals surface area (Å²) in [6.07, 6.45) is -4.67. The molecule has 0 saturated carbocycles. The summed E-state index contributed by atoms with van der Waals surface area (Å²) in [4.78, 5) is 15.1. The lowest BCUT2D eigenvalue weighted by molar-refractivity contribution is -0.138. The number of amides is 1. The molecule has 8 heteroatoms. The van der Waals surface area contributed by atoms with E-state index in [1.807, 2.05) is 0 Å². The van der Waals surface area contributed by atoms with Crippen molar-refractivity contribution in [2.45, 2.75) is 19.0 Å². The van der Waals surface area contributed by atoms with Crippen molar-refractivity contribution in [2.75, 3.05) is 7.05 Å². The lowest BCUT2D eigenvalue weighted by Gasteiger charge is -2.10. The summed E-state index contributed by atoms with van der Waals surface area (Å²) >= 11 is 0. The van der Waals surface area contributed by atoms with Gasteiger partial charge in [0.25, 0.3) is 0 Å². The second kappa shape index (κ2) is 5.94. The van der Waals surface area contributed by atoms with Gasteiger partial charge in [0.15, 0.2) is 5.82 Å². The quantitative estimate of drug-likeness (QED) is 0.937. The third-order valence-electron chi connectivity index (χ3n) is 2.77. The fourth-order valence-electron chi connectivity index (χ4n) is 1.78. The molecular formula is C13H12F3N3O2. The second-order valence-corrected chi connectivity index (χ2v) is 4.29. The van der Waals surface area contributed by atoms with Crippen LogP contribution in [0.5, 0.6) is 0 Å². The molecule has 0 aliphatic carbocycles. The first-order valence-electron chi connectivity index (χ1n) is 6.07. The van der Waals surface area contributed by atoms with E-state index in [-0.39, 0.29) is 36.0 Å². The molecule has 0 unspecified atom stereocenters. The van der Waals surface area contributed by atoms with E-state index >= 15 is 0 Å². The van der Waals surface area contributed by atoms with Crippen LogP contribution in [0.15, 0.2) is 28.8 Å². The highest BCUT2D eigenvalue weighted by Gasteiger charge is 2.33. The summed E-state index contributed by atoms with van der Waals surface area (Å²) in [5.74, 6) is -0.141. The van der Waals surface area contributed by atoms with Crippen LogP contribution in [0.4, 0.5) is 13.2 Å². The summed E-state index contributed by atoms with van der Waals surface area (Å²) in [6.45, 7) is 0. The molecule has 2 aromatic rings. The van der Waals surface area contributed by atoms with Gasteiger partial charge in [0, 0.05) is 7.05 Å². The van der Waals surface area contributed by atoms with Crippen molar-refractivity contribution in [2.24, 2.45) is 0 Å². The summed E-state index contributed by atoms with van der Waals surface area (Å²) in [5, 5.41) is 5.96. The highest BCUT2D eigenvalue weighted by Crippen LogP contribution is 2.32. The van der Waals surface area contributed by atoms with Crippen molar-refractivity contribution in [3.63, 3.8) is 0 Å². The van der Waals surface area contributed by atoms with Crippen molar-refractivity contribution >= 4 is 5.91 Å². The first kappa shape index (κ1) is 15.0. The summed E-state index contributed by atoms with van der Waals surface area (Å²) in [6, 6.07) is 5.17.